The lowest BCUT2D eigenvalue weighted by atomic mass is 10.2. The van der Waals surface area contributed by atoms with Gasteiger partial charge in [0.25, 0.3) is 5.91 Å². The van der Waals surface area contributed by atoms with Crippen LogP contribution in [0.25, 0.3) is 10.8 Å². The van der Waals surface area contributed by atoms with E-state index in [0.717, 1.165) is 39.1 Å². The summed E-state index contributed by atoms with van der Waals surface area (Å²) < 4.78 is 0. The maximum absolute atomic E-state index is 13.2. The van der Waals surface area contributed by atoms with Crippen LogP contribution < -0.4 is 0 Å². The molecule has 0 saturated carbocycles. The first kappa shape index (κ1) is 19.9. The molecule has 0 radical (unpaired) electrons. The normalized spacial score (nSPS) is 17.6. The van der Waals surface area contributed by atoms with Crippen molar-refractivity contribution in [2.24, 2.45) is 0 Å². The number of aromatic nitrogens is 3. The summed E-state index contributed by atoms with van der Waals surface area (Å²) in [7, 11) is 4.07. The number of thiazole rings is 1. The monoisotopic (exact) mass is 388 g/mol. The molecule has 1 aliphatic heterocycles. The van der Waals surface area contributed by atoms with E-state index in [1.807, 2.05) is 19.0 Å². The van der Waals surface area contributed by atoms with Gasteiger partial charge in [0.15, 0.2) is 10.8 Å². The Morgan fingerprint density at radius 3 is 2.74 bits per heavy atom. The Bertz CT molecular complexity index is 735. The van der Waals surface area contributed by atoms with Crippen molar-refractivity contribution >= 4 is 17.2 Å². The van der Waals surface area contributed by atoms with Crippen molar-refractivity contribution in [3.05, 3.63) is 29.5 Å². The number of hydrogen-bond acceptors (Lipinski definition) is 7. The van der Waals surface area contributed by atoms with Crippen LogP contribution in [-0.4, -0.2) is 88.4 Å². The minimum atomic E-state index is 0.0551. The second kappa shape index (κ2) is 9.34. The smallest absolute Gasteiger partial charge is 0.265 e. The van der Waals surface area contributed by atoms with Crippen molar-refractivity contribution in [1.29, 1.82) is 0 Å². The Labute approximate surface area is 165 Å². The molecule has 3 heterocycles. The maximum atomic E-state index is 13.2. The van der Waals surface area contributed by atoms with Gasteiger partial charge in [0, 0.05) is 38.1 Å². The quantitative estimate of drug-likeness (QED) is 0.690. The van der Waals surface area contributed by atoms with E-state index in [1.54, 1.807) is 24.7 Å². The second-order valence-electron chi connectivity index (χ2n) is 7.08. The molecular weight excluding hydrogens is 360 g/mol. The van der Waals surface area contributed by atoms with E-state index in [9.17, 15) is 4.79 Å². The van der Waals surface area contributed by atoms with E-state index >= 15 is 0 Å². The van der Waals surface area contributed by atoms with Crippen LogP contribution in [0.15, 0.2) is 24.7 Å². The first-order chi connectivity index (χ1) is 13.1. The van der Waals surface area contributed by atoms with Crippen molar-refractivity contribution in [1.82, 2.24) is 29.7 Å². The fourth-order valence-corrected chi connectivity index (χ4v) is 4.24. The van der Waals surface area contributed by atoms with Crippen LogP contribution >= 0.6 is 11.3 Å². The van der Waals surface area contributed by atoms with Crippen molar-refractivity contribution in [3.8, 4) is 10.8 Å². The Morgan fingerprint density at radius 1 is 1.26 bits per heavy atom. The van der Waals surface area contributed by atoms with E-state index in [-0.39, 0.29) is 5.91 Å². The molecule has 2 aromatic heterocycles. The Balaban J connectivity index is 1.75. The van der Waals surface area contributed by atoms with Gasteiger partial charge in [0.2, 0.25) is 0 Å². The molecule has 1 aliphatic rings. The number of hydrogen-bond donors (Lipinski definition) is 0. The Kier molecular flexibility index (Phi) is 6.87. The molecule has 1 saturated heterocycles. The number of amides is 1. The van der Waals surface area contributed by atoms with Gasteiger partial charge in [-0.2, -0.15) is 0 Å². The van der Waals surface area contributed by atoms with Crippen LogP contribution in [0.4, 0.5) is 0 Å². The first-order valence-electron chi connectivity index (χ1n) is 9.49. The van der Waals surface area contributed by atoms with Crippen LogP contribution in [-0.2, 0) is 0 Å². The van der Waals surface area contributed by atoms with Crippen LogP contribution in [0, 0.1) is 0 Å². The molecule has 0 aromatic carbocycles. The third-order valence-corrected chi connectivity index (χ3v) is 5.90. The molecule has 1 fully saturated rings. The van der Waals surface area contributed by atoms with Gasteiger partial charge in [0.1, 0.15) is 4.88 Å². The van der Waals surface area contributed by atoms with Gasteiger partial charge >= 0.3 is 0 Å². The van der Waals surface area contributed by atoms with Gasteiger partial charge in [0.05, 0.1) is 6.20 Å². The van der Waals surface area contributed by atoms with Crippen molar-refractivity contribution in [2.75, 3.05) is 46.8 Å². The minimum absolute atomic E-state index is 0.0551. The van der Waals surface area contributed by atoms with Gasteiger partial charge < -0.3 is 9.80 Å². The number of likely N-dealkylation sites (tertiary alicyclic amines) is 1. The summed E-state index contributed by atoms with van der Waals surface area (Å²) >= 11 is 1.37. The molecule has 27 heavy (non-hydrogen) atoms. The van der Waals surface area contributed by atoms with Crippen LogP contribution in [0.3, 0.4) is 0 Å². The predicted octanol–water partition coefficient (Wildman–Crippen LogP) is 2.09. The van der Waals surface area contributed by atoms with E-state index in [4.69, 9.17) is 0 Å². The molecular formula is C19H28N6OS. The lowest BCUT2D eigenvalue weighted by molar-refractivity contribution is 0.0699. The van der Waals surface area contributed by atoms with Crippen molar-refractivity contribution in [3.63, 3.8) is 0 Å². The summed E-state index contributed by atoms with van der Waals surface area (Å²) in [5, 5.41) is 0.683. The summed E-state index contributed by atoms with van der Waals surface area (Å²) in [5.41, 5.74) is 0. The third-order valence-electron chi connectivity index (χ3n) is 4.91. The number of carbonyl (C=O) groups excluding carboxylic acids is 1. The molecule has 0 aliphatic carbocycles. The number of carbonyl (C=O) groups is 1. The Morgan fingerprint density at radius 2 is 2.04 bits per heavy atom. The maximum Gasteiger partial charge on any atom is 0.265 e. The van der Waals surface area contributed by atoms with Gasteiger partial charge in [-0.25, -0.2) is 15.0 Å². The highest BCUT2D eigenvalue weighted by atomic mass is 32.1. The molecule has 2 aromatic rings. The number of likely N-dealkylation sites (N-methyl/N-ethyl adjacent to an activating group) is 2. The van der Waals surface area contributed by atoms with Crippen LogP contribution in [0.1, 0.15) is 29.4 Å². The molecule has 8 heteroatoms. The molecule has 1 unspecified atom stereocenters. The summed E-state index contributed by atoms with van der Waals surface area (Å²) in [4.78, 5) is 33.3. The van der Waals surface area contributed by atoms with Gasteiger partial charge in [-0.05, 0) is 46.1 Å². The van der Waals surface area contributed by atoms with Gasteiger partial charge in [-0.1, -0.05) is 6.92 Å². The lowest BCUT2D eigenvalue weighted by Gasteiger charge is -2.30. The molecule has 3 rings (SSSR count). The fraction of sp³-hybridized carbons (Fsp3) is 0.579. The summed E-state index contributed by atoms with van der Waals surface area (Å²) in [6.45, 7) is 6.70. The average molecular weight is 389 g/mol. The summed E-state index contributed by atoms with van der Waals surface area (Å²) in [6, 6.07) is 2.22. The van der Waals surface area contributed by atoms with Crippen molar-refractivity contribution in [2.45, 2.75) is 25.8 Å². The van der Waals surface area contributed by atoms with E-state index in [1.165, 1.54) is 17.8 Å². The minimum Gasteiger partial charge on any atom is -0.335 e. The van der Waals surface area contributed by atoms with Crippen LogP contribution in [0.5, 0.6) is 0 Å². The zero-order valence-corrected chi connectivity index (χ0v) is 17.2. The van der Waals surface area contributed by atoms with E-state index in [0.29, 0.717) is 21.8 Å². The molecule has 146 valence electrons. The zero-order chi connectivity index (χ0) is 19.2. The van der Waals surface area contributed by atoms with E-state index < -0.39 is 0 Å². The second-order valence-corrected chi connectivity index (χ2v) is 8.11. The van der Waals surface area contributed by atoms with Gasteiger partial charge in [-0.15, -0.1) is 11.3 Å². The zero-order valence-electron chi connectivity index (χ0n) is 16.3. The first-order valence-corrected chi connectivity index (χ1v) is 10.3. The Hall–Kier alpha value is -1.90. The predicted molar refractivity (Wildman–Crippen MR) is 108 cm³/mol. The molecule has 0 spiro atoms. The molecule has 1 atom stereocenters. The highest BCUT2D eigenvalue weighted by Gasteiger charge is 2.28. The molecule has 7 nitrogen and oxygen atoms in total. The fourth-order valence-electron chi connectivity index (χ4n) is 3.41. The average Bonchev–Trinajstić information content (AvgIpc) is 3.34. The number of nitrogens with zero attached hydrogens (tertiary/aromatic N) is 6. The highest BCUT2D eigenvalue weighted by Crippen LogP contribution is 2.24. The topological polar surface area (TPSA) is 65.5 Å². The largest absolute Gasteiger partial charge is 0.335 e. The molecule has 0 bridgehead atoms. The molecule has 1 amide bonds. The van der Waals surface area contributed by atoms with E-state index in [2.05, 4.69) is 31.7 Å². The number of rotatable bonds is 8. The lowest BCUT2D eigenvalue weighted by Crippen LogP contribution is -2.45. The van der Waals surface area contributed by atoms with Gasteiger partial charge in [-0.3, -0.25) is 9.69 Å². The SMILES string of the molecule is CCN1CCCC1CN(CCN(C)C)C(=O)c1cnc(-c2ncccn2)s1. The summed E-state index contributed by atoms with van der Waals surface area (Å²) in [5.74, 6) is 0.619. The van der Waals surface area contributed by atoms with Crippen LogP contribution in [0.2, 0.25) is 0 Å². The van der Waals surface area contributed by atoms with Crippen molar-refractivity contribution < 1.29 is 4.79 Å². The molecule has 0 N–H and O–H groups in total. The standard InChI is InChI=1S/C19H28N6OS/c1-4-24-10-5-7-15(24)14-25(12-11-23(2)3)19(26)16-13-22-18(27-16)17-20-8-6-9-21-17/h6,8-9,13,15H,4-5,7,10-12,14H2,1-3H3. The summed E-state index contributed by atoms with van der Waals surface area (Å²) in [6.07, 6.45) is 7.41. The highest BCUT2D eigenvalue weighted by molar-refractivity contribution is 7.16. The third kappa shape index (κ3) is 5.09.